The Balaban J connectivity index is 1.69. The highest BCUT2D eigenvalue weighted by atomic mass is 15.2. The normalized spacial score (nSPS) is 34.2. The van der Waals surface area contributed by atoms with Gasteiger partial charge >= 0.3 is 0 Å². The lowest BCUT2D eigenvalue weighted by atomic mass is 10.1. The van der Waals surface area contributed by atoms with Gasteiger partial charge in [-0.15, -0.1) is 0 Å². The van der Waals surface area contributed by atoms with Crippen LogP contribution in [0.5, 0.6) is 0 Å². The number of likely N-dealkylation sites (tertiary alicyclic amines) is 1. The van der Waals surface area contributed by atoms with Gasteiger partial charge in [0.25, 0.3) is 0 Å². The zero-order valence-electron chi connectivity index (χ0n) is 6.47. The van der Waals surface area contributed by atoms with Crippen LogP contribution in [0.1, 0.15) is 19.3 Å². The van der Waals surface area contributed by atoms with Crippen molar-refractivity contribution in [2.75, 3.05) is 26.2 Å². The molecular formula is C8H16N2. The SMILES string of the molecule is C1CCN(CC2CN2)CC1. The van der Waals surface area contributed by atoms with Crippen LogP contribution >= 0.6 is 0 Å². The van der Waals surface area contributed by atoms with Crippen molar-refractivity contribution in [1.29, 1.82) is 0 Å². The van der Waals surface area contributed by atoms with Crippen molar-refractivity contribution in [2.24, 2.45) is 0 Å². The Bertz CT molecular complexity index is 104. The second kappa shape index (κ2) is 2.89. The Hall–Kier alpha value is -0.0800. The summed E-state index contributed by atoms with van der Waals surface area (Å²) in [6, 6.07) is 0.845. The molecule has 2 saturated heterocycles. The van der Waals surface area contributed by atoms with Crippen molar-refractivity contribution in [3.8, 4) is 0 Å². The van der Waals surface area contributed by atoms with Crippen LogP contribution in [0.3, 0.4) is 0 Å². The van der Waals surface area contributed by atoms with E-state index in [1.165, 1.54) is 45.4 Å². The highest BCUT2D eigenvalue weighted by molar-refractivity contribution is 4.86. The van der Waals surface area contributed by atoms with E-state index in [0.717, 1.165) is 6.04 Å². The Labute approximate surface area is 62.6 Å². The number of hydrogen-bond acceptors (Lipinski definition) is 2. The average molecular weight is 140 g/mol. The molecule has 58 valence electrons. The van der Waals surface area contributed by atoms with Crippen LogP contribution in [-0.2, 0) is 0 Å². The first-order valence-corrected chi connectivity index (χ1v) is 4.41. The van der Waals surface area contributed by atoms with Gasteiger partial charge in [-0.1, -0.05) is 6.42 Å². The fourth-order valence-corrected chi connectivity index (χ4v) is 1.67. The van der Waals surface area contributed by atoms with Crippen molar-refractivity contribution in [3.63, 3.8) is 0 Å². The van der Waals surface area contributed by atoms with Crippen molar-refractivity contribution in [1.82, 2.24) is 10.2 Å². The summed E-state index contributed by atoms with van der Waals surface area (Å²) >= 11 is 0. The predicted molar refractivity (Wildman–Crippen MR) is 42.1 cm³/mol. The van der Waals surface area contributed by atoms with Crippen LogP contribution in [0, 0.1) is 0 Å². The van der Waals surface area contributed by atoms with Gasteiger partial charge in [0.05, 0.1) is 0 Å². The summed E-state index contributed by atoms with van der Waals surface area (Å²) in [6.07, 6.45) is 4.30. The smallest absolute Gasteiger partial charge is 0.0320 e. The lowest BCUT2D eigenvalue weighted by Crippen LogP contribution is -2.33. The van der Waals surface area contributed by atoms with E-state index in [9.17, 15) is 0 Å². The number of hydrogen-bond donors (Lipinski definition) is 1. The second-order valence-corrected chi connectivity index (χ2v) is 3.47. The van der Waals surface area contributed by atoms with Gasteiger partial charge in [-0.25, -0.2) is 0 Å². The fourth-order valence-electron chi connectivity index (χ4n) is 1.67. The molecule has 0 amide bonds. The molecule has 0 bridgehead atoms. The first-order valence-electron chi connectivity index (χ1n) is 4.41. The summed E-state index contributed by atoms with van der Waals surface area (Å²) < 4.78 is 0. The van der Waals surface area contributed by atoms with E-state index < -0.39 is 0 Å². The molecule has 2 heterocycles. The Morgan fingerprint density at radius 3 is 2.50 bits per heavy atom. The molecule has 2 aliphatic heterocycles. The molecule has 0 spiro atoms. The highest BCUT2D eigenvalue weighted by Crippen LogP contribution is 2.10. The van der Waals surface area contributed by atoms with Gasteiger partial charge in [-0.3, -0.25) is 0 Å². The van der Waals surface area contributed by atoms with Crippen LogP contribution in [0.15, 0.2) is 0 Å². The molecule has 0 aromatic carbocycles. The number of nitrogens with zero attached hydrogens (tertiary/aromatic N) is 1. The summed E-state index contributed by atoms with van der Waals surface area (Å²) in [4.78, 5) is 2.59. The van der Waals surface area contributed by atoms with Gasteiger partial charge in [0.15, 0.2) is 0 Å². The van der Waals surface area contributed by atoms with Crippen molar-refractivity contribution in [3.05, 3.63) is 0 Å². The summed E-state index contributed by atoms with van der Waals surface area (Å²) in [5.41, 5.74) is 0. The van der Waals surface area contributed by atoms with Crippen LogP contribution in [-0.4, -0.2) is 37.1 Å². The molecule has 1 atom stereocenters. The van der Waals surface area contributed by atoms with Crippen LogP contribution < -0.4 is 5.32 Å². The molecule has 1 unspecified atom stereocenters. The first kappa shape index (κ1) is 6.62. The summed E-state index contributed by atoms with van der Waals surface area (Å²) in [6.45, 7) is 5.26. The Kier molecular flexibility index (Phi) is 1.91. The second-order valence-electron chi connectivity index (χ2n) is 3.47. The van der Waals surface area contributed by atoms with Crippen LogP contribution in [0.2, 0.25) is 0 Å². The van der Waals surface area contributed by atoms with Crippen molar-refractivity contribution >= 4 is 0 Å². The summed E-state index contributed by atoms with van der Waals surface area (Å²) in [5, 5.41) is 3.34. The van der Waals surface area contributed by atoms with Gasteiger partial charge < -0.3 is 10.2 Å². The zero-order chi connectivity index (χ0) is 6.81. The van der Waals surface area contributed by atoms with E-state index >= 15 is 0 Å². The fraction of sp³-hybridized carbons (Fsp3) is 1.00. The molecule has 2 nitrogen and oxygen atoms in total. The maximum absolute atomic E-state index is 3.34. The largest absolute Gasteiger partial charge is 0.310 e. The topological polar surface area (TPSA) is 25.2 Å². The van der Waals surface area contributed by atoms with E-state index in [4.69, 9.17) is 0 Å². The van der Waals surface area contributed by atoms with Gasteiger partial charge in [-0.2, -0.15) is 0 Å². The van der Waals surface area contributed by atoms with Gasteiger partial charge in [0, 0.05) is 19.1 Å². The zero-order valence-corrected chi connectivity index (χ0v) is 6.47. The molecule has 2 rings (SSSR count). The van der Waals surface area contributed by atoms with Crippen LogP contribution in [0.25, 0.3) is 0 Å². The summed E-state index contributed by atoms with van der Waals surface area (Å²) in [5.74, 6) is 0. The average Bonchev–Trinajstić information content (AvgIpc) is 2.74. The minimum Gasteiger partial charge on any atom is -0.310 e. The molecular weight excluding hydrogens is 124 g/mol. The van der Waals surface area contributed by atoms with E-state index in [1.807, 2.05) is 0 Å². The molecule has 2 heteroatoms. The molecule has 10 heavy (non-hydrogen) atoms. The molecule has 1 N–H and O–H groups in total. The molecule has 0 saturated carbocycles. The maximum atomic E-state index is 3.34. The van der Waals surface area contributed by atoms with E-state index in [2.05, 4.69) is 10.2 Å². The molecule has 0 aromatic heterocycles. The number of rotatable bonds is 2. The molecule has 2 aliphatic rings. The third-order valence-corrected chi connectivity index (χ3v) is 2.42. The van der Waals surface area contributed by atoms with E-state index in [0.29, 0.717) is 0 Å². The third kappa shape index (κ3) is 1.70. The van der Waals surface area contributed by atoms with Gasteiger partial charge in [0.1, 0.15) is 0 Å². The summed E-state index contributed by atoms with van der Waals surface area (Å²) in [7, 11) is 0. The molecule has 0 radical (unpaired) electrons. The maximum Gasteiger partial charge on any atom is 0.0320 e. The predicted octanol–water partition coefficient (Wildman–Crippen LogP) is 0.444. The lowest BCUT2D eigenvalue weighted by Gasteiger charge is -2.25. The van der Waals surface area contributed by atoms with Crippen LogP contribution in [0.4, 0.5) is 0 Å². The van der Waals surface area contributed by atoms with Gasteiger partial charge in [-0.05, 0) is 25.9 Å². The molecule has 0 aliphatic carbocycles. The van der Waals surface area contributed by atoms with Crippen molar-refractivity contribution in [2.45, 2.75) is 25.3 Å². The standard InChI is InChI=1S/C8H16N2/c1-2-4-10(5-3-1)7-8-6-9-8/h8-9H,1-7H2. The number of nitrogens with one attached hydrogen (secondary N) is 1. The lowest BCUT2D eigenvalue weighted by molar-refractivity contribution is 0.230. The number of piperidine rings is 1. The minimum absolute atomic E-state index is 0.845. The quantitative estimate of drug-likeness (QED) is 0.563. The van der Waals surface area contributed by atoms with E-state index in [1.54, 1.807) is 0 Å². The first-order chi connectivity index (χ1) is 4.95. The van der Waals surface area contributed by atoms with Crippen molar-refractivity contribution < 1.29 is 0 Å². The highest BCUT2D eigenvalue weighted by Gasteiger charge is 2.23. The monoisotopic (exact) mass is 140 g/mol. The third-order valence-electron chi connectivity index (χ3n) is 2.42. The van der Waals surface area contributed by atoms with E-state index in [-0.39, 0.29) is 0 Å². The molecule has 2 fully saturated rings. The molecule has 0 aromatic rings. The minimum atomic E-state index is 0.845. The van der Waals surface area contributed by atoms with Gasteiger partial charge in [0.2, 0.25) is 0 Å². The Morgan fingerprint density at radius 1 is 1.20 bits per heavy atom. The Morgan fingerprint density at radius 2 is 1.90 bits per heavy atom.